The lowest BCUT2D eigenvalue weighted by Gasteiger charge is -2.35. The highest BCUT2D eigenvalue weighted by Gasteiger charge is 2.60. The van der Waals surface area contributed by atoms with Gasteiger partial charge < -0.3 is 29.8 Å². The van der Waals surface area contributed by atoms with Crippen LogP contribution in [0.1, 0.15) is 16.8 Å². The number of nitrogens with one attached hydrogen (secondary N) is 1. The third kappa shape index (κ3) is 3.13. The van der Waals surface area contributed by atoms with E-state index in [1.165, 1.54) is 7.11 Å². The van der Waals surface area contributed by atoms with E-state index < -0.39 is 22.9 Å². The van der Waals surface area contributed by atoms with Gasteiger partial charge in [0.2, 0.25) is 11.8 Å². The van der Waals surface area contributed by atoms with E-state index >= 15 is 0 Å². The molecular weight excluding hydrogens is 440 g/mol. The van der Waals surface area contributed by atoms with E-state index in [2.05, 4.69) is 10.2 Å². The van der Waals surface area contributed by atoms with Gasteiger partial charge >= 0.3 is 5.97 Å². The molecule has 1 fully saturated rings. The van der Waals surface area contributed by atoms with Crippen LogP contribution in [0.4, 0.5) is 5.69 Å². The lowest BCUT2D eigenvalue weighted by atomic mass is 9.68. The number of rotatable bonds is 4. The largest absolute Gasteiger partial charge is 0.465 e. The molecule has 1 aromatic heterocycles. The molecule has 3 N–H and O–H groups in total. The molecule has 10 nitrogen and oxygen atoms in total. The molecule has 34 heavy (non-hydrogen) atoms. The van der Waals surface area contributed by atoms with Gasteiger partial charge in [0.15, 0.2) is 0 Å². The van der Waals surface area contributed by atoms with Crippen molar-refractivity contribution in [2.45, 2.75) is 18.9 Å². The van der Waals surface area contributed by atoms with Crippen molar-refractivity contribution in [1.82, 2.24) is 9.47 Å². The Kier molecular flexibility index (Phi) is 5.41. The van der Waals surface area contributed by atoms with Crippen LogP contribution in [0.15, 0.2) is 46.6 Å². The molecule has 4 heterocycles. The fourth-order valence-electron chi connectivity index (χ4n) is 5.10. The van der Waals surface area contributed by atoms with E-state index in [4.69, 9.17) is 19.9 Å². The Bertz CT molecular complexity index is 1280. The molecule has 2 aromatic rings. The second-order valence-corrected chi connectivity index (χ2v) is 8.52. The molecule has 178 valence electrons. The highest BCUT2D eigenvalue weighted by atomic mass is 16.5. The molecule has 1 saturated heterocycles. The number of fused-ring (bicyclic) bond motifs is 4. The first-order chi connectivity index (χ1) is 16.4. The number of pyridine rings is 1. The van der Waals surface area contributed by atoms with Crippen molar-refractivity contribution in [3.63, 3.8) is 0 Å². The number of aryl methyl sites for hydroxylation is 1. The number of nitrogens with zero attached hydrogens (tertiary/aromatic N) is 2. The van der Waals surface area contributed by atoms with E-state index in [1.807, 2.05) is 0 Å². The summed E-state index contributed by atoms with van der Waals surface area (Å²) in [5.41, 5.74) is 5.45. The van der Waals surface area contributed by atoms with Gasteiger partial charge in [0.1, 0.15) is 16.7 Å². The van der Waals surface area contributed by atoms with E-state index in [1.54, 1.807) is 41.8 Å². The number of anilines is 1. The molecule has 5 rings (SSSR count). The number of hydrogen-bond acceptors (Lipinski definition) is 8. The molecule has 1 aromatic carbocycles. The molecular formula is C24H26N4O6. The Balaban J connectivity index is 1.72. The number of methoxy groups -OCH3 is 1. The average molecular weight is 466 g/mol. The maximum atomic E-state index is 14.0. The van der Waals surface area contributed by atoms with Crippen molar-refractivity contribution in [2.24, 2.45) is 5.73 Å². The summed E-state index contributed by atoms with van der Waals surface area (Å²) >= 11 is 0. The van der Waals surface area contributed by atoms with Gasteiger partial charge in [0.05, 0.1) is 25.9 Å². The van der Waals surface area contributed by atoms with Crippen LogP contribution in [0.3, 0.4) is 0 Å². The van der Waals surface area contributed by atoms with Crippen LogP contribution >= 0.6 is 0 Å². The first-order valence-electron chi connectivity index (χ1n) is 11.1. The molecule has 0 bridgehead atoms. The zero-order valence-corrected chi connectivity index (χ0v) is 19.1. The zero-order valence-electron chi connectivity index (χ0n) is 19.1. The lowest BCUT2D eigenvalue weighted by molar-refractivity contribution is -0.138. The minimum atomic E-state index is -1.78. The van der Waals surface area contributed by atoms with Crippen molar-refractivity contribution in [3.05, 3.63) is 69.0 Å². The summed E-state index contributed by atoms with van der Waals surface area (Å²) in [5.74, 6) is -1.50. The molecule has 0 aliphatic carbocycles. The van der Waals surface area contributed by atoms with Crippen molar-refractivity contribution < 1.29 is 23.8 Å². The Morgan fingerprint density at radius 3 is 2.68 bits per heavy atom. The van der Waals surface area contributed by atoms with Crippen molar-refractivity contribution in [2.75, 3.05) is 45.3 Å². The Labute approximate surface area is 195 Å². The number of aromatic nitrogens is 1. The van der Waals surface area contributed by atoms with Gasteiger partial charge in [-0.25, -0.2) is 4.79 Å². The van der Waals surface area contributed by atoms with Gasteiger partial charge in [-0.05, 0) is 13.0 Å². The van der Waals surface area contributed by atoms with Gasteiger partial charge in [-0.2, -0.15) is 0 Å². The number of para-hydroxylation sites is 1. The van der Waals surface area contributed by atoms with Crippen LogP contribution in [0.25, 0.3) is 0 Å². The standard InChI is InChI=1S/C24H26N4O6/c1-14-13-17-18(21(29)28(14)8-7-27-9-11-33-12-10-27)24(19(20(25)34-17)22(30)32-2)15-5-3-4-6-16(15)26-23(24)31/h3-6,13H,7-12,25H2,1-2H3,(H,26,31). The summed E-state index contributed by atoms with van der Waals surface area (Å²) in [6.07, 6.45) is 0. The van der Waals surface area contributed by atoms with E-state index in [-0.39, 0.29) is 22.8 Å². The quantitative estimate of drug-likeness (QED) is 0.623. The smallest absolute Gasteiger partial charge is 0.340 e. The van der Waals surface area contributed by atoms with Crippen LogP contribution in [0.2, 0.25) is 0 Å². The number of carbonyl (C=O) groups is 2. The number of morpholine rings is 1. The molecule has 1 spiro atoms. The van der Waals surface area contributed by atoms with Gasteiger partial charge in [-0.3, -0.25) is 14.5 Å². The summed E-state index contributed by atoms with van der Waals surface area (Å²) in [7, 11) is 1.19. The number of nitrogens with two attached hydrogens (primary N) is 1. The number of carbonyl (C=O) groups excluding carboxylic acids is 2. The molecule has 10 heteroatoms. The predicted octanol–water partition coefficient (Wildman–Crippen LogP) is 0.463. The van der Waals surface area contributed by atoms with Crippen LogP contribution in [0, 0.1) is 6.92 Å². The van der Waals surface area contributed by atoms with Crippen LogP contribution in [-0.4, -0.2) is 61.3 Å². The van der Waals surface area contributed by atoms with Gasteiger partial charge in [0.25, 0.3) is 5.56 Å². The van der Waals surface area contributed by atoms with Crippen molar-refractivity contribution >= 4 is 17.6 Å². The maximum absolute atomic E-state index is 14.0. The van der Waals surface area contributed by atoms with Crippen LogP contribution < -0.4 is 21.3 Å². The Hall–Kier alpha value is -3.63. The van der Waals surface area contributed by atoms with E-state index in [9.17, 15) is 14.4 Å². The second kappa shape index (κ2) is 8.30. The summed E-state index contributed by atoms with van der Waals surface area (Å²) in [6.45, 7) is 5.72. The summed E-state index contributed by atoms with van der Waals surface area (Å²) in [4.78, 5) is 42.9. The lowest BCUT2D eigenvalue weighted by Crippen LogP contribution is -2.50. The first kappa shape index (κ1) is 22.2. The fourth-order valence-corrected chi connectivity index (χ4v) is 5.10. The molecule has 3 aliphatic rings. The molecule has 0 radical (unpaired) electrons. The van der Waals surface area contributed by atoms with Crippen LogP contribution in [0.5, 0.6) is 5.75 Å². The molecule has 0 saturated carbocycles. The van der Waals surface area contributed by atoms with Crippen LogP contribution in [-0.2, 0) is 31.0 Å². The monoisotopic (exact) mass is 466 g/mol. The third-order valence-electron chi connectivity index (χ3n) is 6.74. The minimum Gasteiger partial charge on any atom is -0.465 e. The number of amides is 1. The van der Waals surface area contributed by atoms with Crippen molar-refractivity contribution in [3.8, 4) is 5.75 Å². The summed E-state index contributed by atoms with van der Waals surface area (Å²) < 4.78 is 17.8. The van der Waals surface area contributed by atoms with E-state index in [0.29, 0.717) is 43.2 Å². The minimum absolute atomic E-state index is 0.0529. The zero-order chi connectivity index (χ0) is 24.0. The molecule has 1 unspecified atom stereocenters. The highest BCUT2D eigenvalue weighted by molar-refractivity contribution is 6.17. The van der Waals surface area contributed by atoms with E-state index in [0.717, 1.165) is 13.1 Å². The second-order valence-electron chi connectivity index (χ2n) is 8.52. The number of ether oxygens (including phenoxy) is 3. The fraction of sp³-hybridized carbons (Fsp3) is 0.375. The normalized spacial score (nSPS) is 21.6. The SMILES string of the molecule is COC(=O)C1=C(N)Oc2cc(C)n(CCN3CCOCC3)c(=O)c2C12C(=O)Nc1ccccc12. The highest BCUT2D eigenvalue weighted by Crippen LogP contribution is 2.52. The third-order valence-corrected chi connectivity index (χ3v) is 6.74. The number of esters is 1. The first-order valence-corrected chi connectivity index (χ1v) is 11.1. The topological polar surface area (TPSA) is 125 Å². The molecule has 3 aliphatic heterocycles. The average Bonchev–Trinajstić information content (AvgIpc) is 3.11. The van der Waals surface area contributed by atoms with Gasteiger partial charge in [0, 0.05) is 49.2 Å². The number of hydrogen-bond donors (Lipinski definition) is 2. The Morgan fingerprint density at radius 1 is 1.21 bits per heavy atom. The number of benzene rings is 1. The molecule has 1 atom stereocenters. The van der Waals surface area contributed by atoms with Gasteiger partial charge in [-0.1, -0.05) is 18.2 Å². The predicted molar refractivity (Wildman–Crippen MR) is 122 cm³/mol. The molecule has 1 amide bonds. The Morgan fingerprint density at radius 2 is 1.94 bits per heavy atom. The van der Waals surface area contributed by atoms with Crippen molar-refractivity contribution in [1.29, 1.82) is 0 Å². The summed E-state index contributed by atoms with van der Waals surface area (Å²) in [5, 5.41) is 2.81. The summed E-state index contributed by atoms with van der Waals surface area (Å²) in [6, 6.07) is 8.61. The maximum Gasteiger partial charge on any atom is 0.340 e. The van der Waals surface area contributed by atoms with Gasteiger partial charge in [-0.15, -0.1) is 0 Å².